The number of nitrogens with one attached hydrogen (secondary N) is 1. The number of halogens is 4. The van der Waals surface area contributed by atoms with Gasteiger partial charge in [0.15, 0.2) is 23.0 Å². The van der Waals surface area contributed by atoms with Crippen molar-refractivity contribution in [3.63, 3.8) is 0 Å². The lowest BCUT2D eigenvalue weighted by molar-refractivity contribution is -0.137. The van der Waals surface area contributed by atoms with Crippen LogP contribution in [0.15, 0.2) is 90.5 Å². The van der Waals surface area contributed by atoms with E-state index in [1.165, 1.54) is 38.5 Å². The lowest BCUT2D eigenvalue weighted by Crippen LogP contribution is -2.14. The van der Waals surface area contributed by atoms with E-state index in [2.05, 4.69) is 5.32 Å². The molecule has 0 aliphatic rings. The molecular weight excluding hydrogens is 597 g/mol. The van der Waals surface area contributed by atoms with Crippen molar-refractivity contribution < 1.29 is 36.9 Å². The second-order valence-corrected chi connectivity index (χ2v) is 9.69. The van der Waals surface area contributed by atoms with Gasteiger partial charge in [0, 0.05) is 5.69 Å². The van der Waals surface area contributed by atoms with Crippen molar-refractivity contribution in [1.82, 2.24) is 0 Å². The Labute approximate surface area is 257 Å². The monoisotopic (exact) mass is 622 g/mol. The highest BCUT2D eigenvalue weighted by molar-refractivity contribution is 6.32. The number of nitrogens with zero attached hydrogens (tertiary/aromatic N) is 1. The number of carbonyl (C=O) groups excluding carboxylic acids is 1. The van der Waals surface area contributed by atoms with Gasteiger partial charge in [0.05, 0.1) is 24.8 Å². The molecule has 4 aromatic carbocycles. The fourth-order valence-corrected chi connectivity index (χ4v) is 4.34. The van der Waals surface area contributed by atoms with Crippen LogP contribution in [0.3, 0.4) is 0 Å². The van der Waals surface area contributed by atoms with Crippen LogP contribution in [-0.2, 0) is 24.2 Å². The molecule has 0 fully saturated rings. The van der Waals surface area contributed by atoms with Crippen LogP contribution < -0.4 is 24.3 Å². The highest BCUT2D eigenvalue weighted by Crippen LogP contribution is 2.38. The third-order valence-corrected chi connectivity index (χ3v) is 6.50. The van der Waals surface area contributed by atoms with Gasteiger partial charge in [-0.05, 0) is 65.2 Å². The number of benzene rings is 4. The molecule has 0 saturated carbocycles. The first kappa shape index (κ1) is 31.8. The number of methoxy groups -OCH3 is 2. The normalized spacial score (nSPS) is 11.3. The number of nitriles is 1. The number of hydrogen-bond donors (Lipinski definition) is 1. The number of carbonyl (C=O) groups is 1. The third-order valence-electron chi connectivity index (χ3n) is 6.22. The second kappa shape index (κ2) is 14.4. The van der Waals surface area contributed by atoms with Gasteiger partial charge in [-0.3, -0.25) is 4.79 Å². The number of amides is 1. The lowest BCUT2D eigenvalue weighted by atomic mass is 10.1. The van der Waals surface area contributed by atoms with E-state index in [-0.39, 0.29) is 34.4 Å². The highest BCUT2D eigenvalue weighted by Gasteiger charge is 2.30. The Balaban J connectivity index is 1.47. The van der Waals surface area contributed by atoms with Crippen LogP contribution in [0.1, 0.15) is 22.3 Å². The largest absolute Gasteiger partial charge is 0.493 e. The smallest absolute Gasteiger partial charge is 0.416 e. The molecule has 0 aromatic heterocycles. The summed E-state index contributed by atoms with van der Waals surface area (Å²) >= 11 is 6.49. The Bertz CT molecular complexity index is 1700. The minimum atomic E-state index is -4.59. The van der Waals surface area contributed by atoms with Crippen molar-refractivity contribution in [2.45, 2.75) is 19.4 Å². The first-order valence-electron chi connectivity index (χ1n) is 13.1. The summed E-state index contributed by atoms with van der Waals surface area (Å²) in [7, 11) is 2.94. The third kappa shape index (κ3) is 8.24. The number of alkyl halides is 3. The molecule has 0 atom stereocenters. The van der Waals surface area contributed by atoms with Gasteiger partial charge in [0.2, 0.25) is 0 Å². The van der Waals surface area contributed by atoms with Gasteiger partial charge in [-0.1, -0.05) is 54.1 Å². The van der Waals surface area contributed by atoms with Gasteiger partial charge < -0.3 is 24.3 Å². The fraction of sp³-hybridized carbons (Fsp3) is 0.152. The molecule has 1 N–H and O–H groups in total. The van der Waals surface area contributed by atoms with E-state index in [0.717, 1.165) is 29.3 Å². The molecule has 0 saturated heterocycles. The van der Waals surface area contributed by atoms with Crippen molar-refractivity contribution in [1.29, 1.82) is 5.26 Å². The van der Waals surface area contributed by atoms with Crippen LogP contribution in [0.25, 0.3) is 6.08 Å². The van der Waals surface area contributed by atoms with E-state index < -0.39 is 17.6 Å². The first-order chi connectivity index (χ1) is 21.1. The Morgan fingerprint density at radius 3 is 2.27 bits per heavy atom. The molecule has 4 aromatic rings. The van der Waals surface area contributed by atoms with Crippen LogP contribution in [0.5, 0.6) is 23.0 Å². The molecule has 44 heavy (non-hydrogen) atoms. The Morgan fingerprint density at radius 1 is 0.864 bits per heavy atom. The molecule has 1 amide bonds. The summed E-state index contributed by atoms with van der Waals surface area (Å²) in [4.78, 5) is 12.7. The van der Waals surface area contributed by atoms with Gasteiger partial charge >= 0.3 is 6.18 Å². The van der Waals surface area contributed by atoms with Crippen molar-refractivity contribution in [2.75, 3.05) is 19.5 Å². The number of ether oxygens (including phenoxy) is 4. The zero-order valence-corrected chi connectivity index (χ0v) is 24.3. The summed E-state index contributed by atoms with van der Waals surface area (Å²) in [6.07, 6.45) is -3.35. The Hall–Kier alpha value is -5.14. The van der Waals surface area contributed by atoms with Crippen LogP contribution >= 0.6 is 11.6 Å². The maximum absolute atomic E-state index is 13.0. The average molecular weight is 623 g/mol. The Kier molecular flexibility index (Phi) is 10.4. The van der Waals surface area contributed by atoms with Crippen LogP contribution in [-0.4, -0.2) is 20.1 Å². The predicted molar refractivity (Wildman–Crippen MR) is 160 cm³/mol. The number of anilines is 1. The van der Waals surface area contributed by atoms with Gasteiger partial charge in [-0.2, -0.15) is 18.4 Å². The fourth-order valence-electron chi connectivity index (χ4n) is 4.06. The zero-order valence-electron chi connectivity index (χ0n) is 23.6. The molecule has 0 bridgehead atoms. The molecule has 0 unspecified atom stereocenters. The minimum absolute atomic E-state index is 0.101. The van der Waals surface area contributed by atoms with Gasteiger partial charge in [-0.15, -0.1) is 0 Å². The number of rotatable bonds is 11. The van der Waals surface area contributed by atoms with E-state index in [9.17, 15) is 23.2 Å². The summed E-state index contributed by atoms with van der Waals surface area (Å²) in [5.74, 6) is 0.647. The molecule has 11 heteroatoms. The molecule has 0 spiro atoms. The standard InChI is InChI=1S/C33H26ClF3N2O5/c1-41-29-15-22(11-12-28(29)43-19-21-7-4-3-5-8-21)20-44-31-27(34)14-23(16-30(31)42-2)13-24(18-38)32(40)39-26-10-6-9-25(17-26)33(35,36)37/h3-17H,19-20H2,1-2H3,(H,39,40)/b24-13+. The SMILES string of the molecule is COc1cc(COc2c(Cl)cc(/C=C(\C#N)C(=O)Nc3cccc(C(F)(F)F)c3)cc2OC)ccc1OCc1ccccc1. The summed E-state index contributed by atoms with van der Waals surface area (Å²) < 4.78 is 61.8. The molecule has 0 aliphatic heterocycles. The molecule has 4 rings (SSSR count). The highest BCUT2D eigenvalue weighted by atomic mass is 35.5. The summed E-state index contributed by atoms with van der Waals surface area (Å²) in [5.41, 5.74) is 0.690. The predicted octanol–water partition coefficient (Wildman–Crippen LogP) is 8.08. The average Bonchev–Trinajstić information content (AvgIpc) is 3.02. The van der Waals surface area contributed by atoms with Crippen molar-refractivity contribution in [2.24, 2.45) is 0 Å². The zero-order chi connectivity index (χ0) is 31.7. The van der Waals surface area contributed by atoms with Crippen LogP contribution in [0.4, 0.5) is 18.9 Å². The van der Waals surface area contributed by atoms with Crippen LogP contribution in [0.2, 0.25) is 5.02 Å². The minimum Gasteiger partial charge on any atom is -0.493 e. The van der Waals surface area contributed by atoms with Crippen LogP contribution in [0, 0.1) is 11.3 Å². The summed E-state index contributed by atoms with van der Waals surface area (Å²) in [5, 5.41) is 12.0. The molecule has 0 aliphatic carbocycles. The van der Waals surface area contributed by atoms with Gasteiger partial charge in [0.25, 0.3) is 5.91 Å². The molecule has 0 radical (unpaired) electrons. The Morgan fingerprint density at radius 2 is 1.59 bits per heavy atom. The van der Waals surface area contributed by atoms with E-state index in [1.54, 1.807) is 18.2 Å². The number of hydrogen-bond acceptors (Lipinski definition) is 6. The van der Waals surface area contributed by atoms with Crippen molar-refractivity contribution in [3.05, 3.63) is 118 Å². The summed E-state index contributed by atoms with van der Waals surface area (Å²) in [6.45, 7) is 0.477. The quantitative estimate of drug-likeness (QED) is 0.134. The maximum atomic E-state index is 13.0. The van der Waals surface area contributed by atoms with Gasteiger partial charge in [0.1, 0.15) is 24.9 Å². The van der Waals surface area contributed by atoms with E-state index in [1.807, 2.05) is 36.4 Å². The topological polar surface area (TPSA) is 89.8 Å². The molecular formula is C33H26ClF3N2O5. The maximum Gasteiger partial charge on any atom is 0.416 e. The summed E-state index contributed by atoms with van der Waals surface area (Å²) in [6, 6.07) is 23.9. The molecule has 226 valence electrons. The van der Waals surface area contributed by atoms with E-state index >= 15 is 0 Å². The van der Waals surface area contributed by atoms with Gasteiger partial charge in [-0.25, -0.2) is 0 Å². The lowest BCUT2D eigenvalue weighted by Gasteiger charge is -2.15. The first-order valence-corrected chi connectivity index (χ1v) is 13.4. The second-order valence-electron chi connectivity index (χ2n) is 9.28. The van der Waals surface area contributed by atoms with Crippen molar-refractivity contribution >= 4 is 29.3 Å². The van der Waals surface area contributed by atoms with Crippen molar-refractivity contribution in [3.8, 4) is 29.1 Å². The molecule has 7 nitrogen and oxygen atoms in total. The molecule has 0 heterocycles. The van der Waals surface area contributed by atoms with E-state index in [4.69, 9.17) is 30.5 Å². The van der Waals surface area contributed by atoms with E-state index in [0.29, 0.717) is 23.7 Å².